The van der Waals surface area contributed by atoms with Crippen molar-refractivity contribution in [1.29, 1.82) is 0 Å². The molecule has 0 aromatic heterocycles. The lowest BCUT2D eigenvalue weighted by atomic mass is 9.87. The molecular weight excluding hydrogens is 410 g/mol. The Morgan fingerprint density at radius 3 is 1.47 bits per heavy atom. The van der Waals surface area contributed by atoms with Crippen molar-refractivity contribution in [3.63, 3.8) is 0 Å². The van der Waals surface area contributed by atoms with Crippen LogP contribution in [0.4, 0.5) is 0 Å². The molecule has 0 saturated heterocycles. The van der Waals surface area contributed by atoms with Crippen molar-refractivity contribution in [1.82, 2.24) is 4.90 Å². The molecule has 202 valence electrons. The van der Waals surface area contributed by atoms with Crippen LogP contribution in [0.2, 0.25) is 0 Å². The number of hydrogen-bond donors (Lipinski definition) is 0. The van der Waals surface area contributed by atoms with E-state index in [1.165, 1.54) is 135 Å². The van der Waals surface area contributed by atoms with E-state index in [0.29, 0.717) is 0 Å². The van der Waals surface area contributed by atoms with Gasteiger partial charge in [-0.2, -0.15) is 0 Å². The lowest BCUT2D eigenvalue weighted by Gasteiger charge is -2.32. The first kappa shape index (κ1) is 33.4. The summed E-state index contributed by atoms with van der Waals surface area (Å²) in [5, 5.41) is 0. The molecule has 0 aromatic rings. The molecule has 1 nitrogen and oxygen atoms in total. The molecule has 0 amide bonds. The highest BCUT2D eigenvalue weighted by Crippen LogP contribution is 2.25. The van der Waals surface area contributed by atoms with Crippen molar-refractivity contribution in [2.75, 3.05) is 14.1 Å². The molecule has 0 aliphatic rings. The second-order valence-corrected chi connectivity index (χ2v) is 11.0. The maximum Gasteiger partial charge on any atom is 0.0117 e. The number of allylic oxidation sites excluding steroid dienone is 4. The SMILES string of the molecule is CCCCCC=CCC=CCCCCCCCCCCCC(C(CC)CCCCCC)N(C)C. The van der Waals surface area contributed by atoms with E-state index in [1.807, 2.05) is 0 Å². The smallest absolute Gasteiger partial charge is 0.0117 e. The molecule has 0 rings (SSSR count). The fraction of sp³-hybridized carbons (Fsp3) is 0.879. The van der Waals surface area contributed by atoms with Gasteiger partial charge in [0, 0.05) is 6.04 Å². The summed E-state index contributed by atoms with van der Waals surface area (Å²) in [6, 6.07) is 0.794. The summed E-state index contributed by atoms with van der Waals surface area (Å²) in [6.07, 6.45) is 39.8. The standard InChI is InChI=1S/C33H65N/c1-6-9-11-13-14-15-16-17-18-19-20-21-22-23-24-25-26-27-29-31-33(34(4)5)32(8-3)30-28-12-10-7-2/h14-15,17-18,32-33H,6-13,16,19-31H2,1-5H3. The summed E-state index contributed by atoms with van der Waals surface area (Å²) in [5.74, 6) is 0.897. The minimum atomic E-state index is 0.794. The number of hydrogen-bond acceptors (Lipinski definition) is 1. The van der Waals surface area contributed by atoms with Gasteiger partial charge in [0.15, 0.2) is 0 Å². The van der Waals surface area contributed by atoms with Crippen LogP contribution >= 0.6 is 0 Å². The van der Waals surface area contributed by atoms with Crippen LogP contribution in [-0.2, 0) is 0 Å². The van der Waals surface area contributed by atoms with Crippen molar-refractivity contribution in [2.24, 2.45) is 5.92 Å². The Morgan fingerprint density at radius 2 is 0.941 bits per heavy atom. The van der Waals surface area contributed by atoms with E-state index in [1.54, 1.807) is 0 Å². The molecule has 0 aromatic carbocycles. The summed E-state index contributed by atoms with van der Waals surface area (Å²) in [5.41, 5.74) is 0. The predicted molar refractivity (Wildman–Crippen MR) is 158 cm³/mol. The summed E-state index contributed by atoms with van der Waals surface area (Å²) < 4.78 is 0. The van der Waals surface area contributed by atoms with Crippen molar-refractivity contribution < 1.29 is 0 Å². The zero-order chi connectivity index (χ0) is 25.1. The minimum absolute atomic E-state index is 0.794. The molecule has 0 aliphatic carbocycles. The molecule has 0 fully saturated rings. The second-order valence-electron chi connectivity index (χ2n) is 11.0. The highest BCUT2D eigenvalue weighted by Gasteiger charge is 2.21. The van der Waals surface area contributed by atoms with Gasteiger partial charge in [-0.1, -0.05) is 141 Å². The zero-order valence-corrected chi connectivity index (χ0v) is 24.5. The van der Waals surface area contributed by atoms with Gasteiger partial charge in [-0.05, 0) is 65.0 Å². The average molecular weight is 476 g/mol. The maximum absolute atomic E-state index is 2.52. The number of unbranched alkanes of at least 4 members (excludes halogenated alkanes) is 15. The fourth-order valence-electron chi connectivity index (χ4n) is 5.29. The Kier molecular flexibility index (Phi) is 26.6. The third kappa shape index (κ3) is 21.9. The second kappa shape index (κ2) is 27.0. The van der Waals surface area contributed by atoms with Gasteiger partial charge >= 0.3 is 0 Å². The van der Waals surface area contributed by atoms with Gasteiger partial charge in [0.2, 0.25) is 0 Å². The minimum Gasteiger partial charge on any atom is -0.306 e. The van der Waals surface area contributed by atoms with E-state index in [-0.39, 0.29) is 0 Å². The molecule has 1 heteroatoms. The third-order valence-electron chi connectivity index (χ3n) is 7.61. The Balaban J connectivity index is 3.60. The van der Waals surface area contributed by atoms with Crippen LogP contribution in [-0.4, -0.2) is 25.0 Å². The van der Waals surface area contributed by atoms with Crippen LogP contribution in [0.15, 0.2) is 24.3 Å². The molecule has 0 saturated carbocycles. The van der Waals surface area contributed by atoms with Gasteiger partial charge < -0.3 is 4.90 Å². The van der Waals surface area contributed by atoms with E-state index >= 15 is 0 Å². The summed E-state index contributed by atoms with van der Waals surface area (Å²) in [7, 11) is 4.61. The van der Waals surface area contributed by atoms with E-state index in [0.717, 1.165) is 18.4 Å². The Hall–Kier alpha value is -0.560. The molecule has 0 radical (unpaired) electrons. The van der Waals surface area contributed by atoms with Gasteiger partial charge in [-0.15, -0.1) is 0 Å². The lowest BCUT2D eigenvalue weighted by molar-refractivity contribution is 0.177. The van der Waals surface area contributed by atoms with Crippen molar-refractivity contribution in [2.45, 2.75) is 168 Å². The van der Waals surface area contributed by atoms with E-state index in [2.05, 4.69) is 64.1 Å². The number of nitrogens with zero attached hydrogens (tertiary/aromatic N) is 1. The molecule has 0 spiro atoms. The summed E-state index contributed by atoms with van der Waals surface area (Å²) in [4.78, 5) is 2.52. The van der Waals surface area contributed by atoms with Crippen molar-refractivity contribution >= 4 is 0 Å². The molecule has 0 aliphatic heterocycles. The Bertz CT molecular complexity index is 436. The number of rotatable bonds is 26. The topological polar surface area (TPSA) is 3.24 Å². The fourth-order valence-corrected chi connectivity index (χ4v) is 5.29. The maximum atomic E-state index is 2.52. The van der Waals surface area contributed by atoms with Crippen LogP contribution in [0.25, 0.3) is 0 Å². The molecular formula is C33H65N. The van der Waals surface area contributed by atoms with Gasteiger partial charge in [0.25, 0.3) is 0 Å². The monoisotopic (exact) mass is 476 g/mol. The zero-order valence-electron chi connectivity index (χ0n) is 24.5. The van der Waals surface area contributed by atoms with Crippen LogP contribution in [0.3, 0.4) is 0 Å². The normalized spacial score (nSPS) is 14.1. The van der Waals surface area contributed by atoms with Crippen molar-refractivity contribution in [3.8, 4) is 0 Å². The Morgan fingerprint density at radius 1 is 0.500 bits per heavy atom. The molecule has 2 atom stereocenters. The van der Waals surface area contributed by atoms with E-state index in [4.69, 9.17) is 0 Å². The van der Waals surface area contributed by atoms with Crippen LogP contribution in [0, 0.1) is 5.92 Å². The molecule has 0 N–H and O–H groups in total. The molecule has 0 bridgehead atoms. The molecule has 34 heavy (non-hydrogen) atoms. The van der Waals surface area contributed by atoms with Crippen LogP contribution in [0.5, 0.6) is 0 Å². The van der Waals surface area contributed by atoms with E-state index < -0.39 is 0 Å². The molecule has 0 heterocycles. The lowest BCUT2D eigenvalue weighted by Crippen LogP contribution is -2.35. The average Bonchev–Trinajstić information content (AvgIpc) is 2.83. The summed E-state index contributed by atoms with van der Waals surface area (Å²) in [6.45, 7) is 6.99. The third-order valence-corrected chi connectivity index (χ3v) is 7.61. The first-order valence-corrected chi connectivity index (χ1v) is 15.6. The summed E-state index contributed by atoms with van der Waals surface area (Å²) >= 11 is 0. The van der Waals surface area contributed by atoms with Crippen LogP contribution in [0.1, 0.15) is 162 Å². The predicted octanol–water partition coefficient (Wildman–Crippen LogP) is 11.3. The molecule has 2 unspecified atom stereocenters. The largest absolute Gasteiger partial charge is 0.306 e. The highest BCUT2D eigenvalue weighted by atomic mass is 15.1. The van der Waals surface area contributed by atoms with Crippen LogP contribution < -0.4 is 0 Å². The quantitative estimate of drug-likeness (QED) is 0.0887. The first-order valence-electron chi connectivity index (χ1n) is 15.6. The Labute approximate surface area is 217 Å². The van der Waals surface area contributed by atoms with Gasteiger partial charge in [-0.25, -0.2) is 0 Å². The van der Waals surface area contributed by atoms with E-state index in [9.17, 15) is 0 Å². The van der Waals surface area contributed by atoms with Gasteiger partial charge in [0.05, 0.1) is 0 Å². The highest BCUT2D eigenvalue weighted by molar-refractivity contribution is 4.92. The van der Waals surface area contributed by atoms with Gasteiger partial charge in [0.1, 0.15) is 0 Å². The van der Waals surface area contributed by atoms with Crippen molar-refractivity contribution in [3.05, 3.63) is 24.3 Å². The first-order chi connectivity index (χ1) is 16.7. The van der Waals surface area contributed by atoms with Gasteiger partial charge in [-0.3, -0.25) is 0 Å².